The number of alkyl carbamates (subject to hydrolysis) is 2. The van der Waals surface area contributed by atoms with Crippen molar-refractivity contribution in [2.75, 3.05) is 13.2 Å². The van der Waals surface area contributed by atoms with Gasteiger partial charge in [-0.25, -0.2) is 9.59 Å². The maximum atomic E-state index is 13.1. The molecular formula is C32H40N4O5. The molecule has 4 rings (SSSR count). The lowest BCUT2D eigenvalue weighted by Crippen LogP contribution is -2.61. The second-order valence-electron chi connectivity index (χ2n) is 10.7. The number of benzene rings is 2. The minimum atomic E-state index is -0.745. The molecule has 1 heterocycles. The standard InChI is InChI=1S/C32H40N4O5/c1-4-39-28-27(16-11-21-36(28)29(33)35-30(37)40-22-23-12-7-5-8-13-23)34-31(38)41-32(2,3)26-19-17-25(18-20-26)24-14-9-6-10-15-24/h5-10,12-15,17-19,26-28H,4,11,16,20-22H2,1-3H3,(H,34,38)(H2,33,35,37). The van der Waals surface area contributed by atoms with Crippen molar-refractivity contribution in [3.63, 3.8) is 0 Å². The van der Waals surface area contributed by atoms with E-state index in [1.807, 2.05) is 69.3 Å². The zero-order valence-electron chi connectivity index (χ0n) is 24.0. The van der Waals surface area contributed by atoms with Crippen molar-refractivity contribution in [2.24, 2.45) is 5.92 Å². The Bertz CT molecular complexity index is 1250. The quantitative estimate of drug-likeness (QED) is 0.276. The molecule has 0 bridgehead atoms. The topological polar surface area (TPSA) is 113 Å². The fourth-order valence-electron chi connectivity index (χ4n) is 5.13. The van der Waals surface area contributed by atoms with Crippen LogP contribution in [0.25, 0.3) is 5.57 Å². The molecule has 3 atom stereocenters. The van der Waals surface area contributed by atoms with Crippen molar-refractivity contribution in [3.05, 3.63) is 90.0 Å². The summed E-state index contributed by atoms with van der Waals surface area (Å²) in [6, 6.07) is 19.1. The molecule has 3 unspecified atom stereocenters. The van der Waals surface area contributed by atoms with Crippen LogP contribution >= 0.6 is 0 Å². The number of carbonyl (C=O) groups is 2. The number of carbonyl (C=O) groups excluding carboxylic acids is 2. The summed E-state index contributed by atoms with van der Waals surface area (Å²) >= 11 is 0. The van der Waals surface area contributed by atoms with Crippen LogP contribution in [0.15, 0.2) is 78.9 Å². The molecule has 9 nitrogen and oxygen atoms in total. The molecule has 2 aromatic rings. The first-order chi connectivity index (χ1) is 19.8. The molecule has 0 spiro atoms. The van der Waals surface area contributed by atoms with E-state index < -0.39 is 30.1 Å². The van der Waals surface area contributed by atoms with Gasteiger partial charge < -0.3 is 24.4 Å². The van der Waals surface area contributed by atoms with Crippen LogP contribution < -0.4 is 10.6 Å². The van der Waals surface area contributed by atoms with E-state index in [9.17, 15) is 9.59 Å². The largest absolute Gasteiger partial charge is 0.444 e. The van der Waals surface area contributed by atoms with Crippen molar-refractivity contribution in [1.29, 1.82) is 5.41 Å². The molecule has 2 aromatic carbocycles. The molecule has 2 amide bonds. The monoisotopic (exact) mass is 560 g/mol. The van der Waals surface area contributed by atoms with Gasteiger partial charge in [-0.1, -0.05) is 78.9 Å². The Morgan fingerprint density at radius 3 is 2.41 bits per heavy atom. The lowest BCUT2D eigenvalue weighted by atomic mass is 9.83. The van der Waals surface area contributed by atoms with Crippen LogP contribution in [0.1, 0.15) is 51.2 Å². The zero-order valence-corrected chi connectivity index (χ0v) is 24.0. The predicted octanol–water partition coefficient (Wildman–Crippen LogP) is 5.84. The summed E-state index contributed by atoms with van der Waals surface area (Å²) in [5.41, 5.74) is 2.42. The maximum Gasteiger partial charge on any atom is 0.414 e. The van der Waals surface area contributed by atoms with Crippen LogP contribution in [-0.2, 0) is 20.8 Å². The SMILES string of the molecule is CCOC1C(NC(=O)OC(C)(C)C2C=CC(c3ccccc3)=CC2)CCCN1C(=N)NC(=O)OCc1ccccc1. The Hall–Kier alpha value is -4.11. The van der Waals surface area contributed by atoms with Gasteiger partial charge in [-0.15, -0.1) is 0 Å². The van der Waals surface area contributed by atoms with E-state index in [-0.39, 0.29) is 18.5 Å². The van der Waals surface area contributed by atoms with Crippen LogP contribution in [0.3, 0.4) is 0 Å². The van der Waals surface area contributed by atoms with Crippen molar-refractivity contribution in [1.82, 2.24) is 15.5 Å². The maximum absolute atomic E-state index is 13.1. The first-order valence-electron chi connectivity index (χ1n) is 14.1. The van der Waals surface area contributed by atoms with E-state index in [0.29, 0.717) is 26.0 Å². The van der Waals surface area contributed by atoms with Crippen LogP contribution in [-0.4, -0.2) is 54.1 Å². The molecule has 1 aliphatic heterocycles. The van der Waals surface area contributed by atoms with Gasteiger partial charge in [0, 0.05) is 19.1 Å². The minimum Gasteiger partial charge on any atom is -0.444 e. The number of nitrogens with zero attached hydrogens (tertiary/aromatic N) is 1. The van der Waals surface area contributed by atoms with E-state index in [2.05, 4.69) is 41.0 Å². The number of likely N-dealkylation sites (tertiary alicyclic amines) is 1. The molecule has 218 valence electrons. The van der Waals surface area contributed by atoms with Gasteiger partial charge in [-0.2, -0.15) is 0 Å². The Morgan fingerprint density at radius 2 is 1.76 bits per heavy atom. The fourth-order valence-corrected chi connectivity index (χ4v) is 5.13. The van der Waals surface area contributed by atoms with Gasteiger partial charge in [0.1, 0.15) is 12.2 Å². The molecule has 0 radical (unpaired) electrons. The van der Waals surface area contributed by atoms with Crippen LogP contribution in [0.4, 0.5) is 9.59 Å². The van der Waals surface area contributed by atoms with Crippen LogP contribution in [0.2, 0.25) is 0 Å². The van der Waals surface area contributed by atoms with Crippen molar-refractivity contribution >= 4 is 23.7 Å². The highest BCUT2D eigenvalue weighted by Gasteiger charge is 2.38. The highest BCUT2D eigenvalue weighted by atomic mass is 16.6. The number of allylic oxidation sites excluding steroid dienone is 3. The second kappa shape index (κ2) is 14.0. The molecule has 1 aliphatic carbocycles. The summed E-state index contributed by atoms with van der Waals surface area (Å²) in [6.45, 7) is 6.63. The molecule has 3 N–H and O–H groups in total. The van der Waals surface area contributed by atoms with E-state index in [1.165, 1.54) is 0 Å². The summed E-state index contributed by atoms with van der Waals surface area (Å²) < 4.78 is 17.1. The van der Waals surface area contributed by atoms with Crippen molar-refractivity contribution in [3.8, 4) is 0 Å². The predicted molar refractivity (Wildman–Crippen MR) is 158 cm³/mol. The lowest BCUT2D eigenvalue weighted by Gasteiger charge is -2.42. The summed E-state index contributed by atoms with van der Waals surface area (Å²) in [4.78, 5) is 27.1. The molecule has 1 saturated heterocycles. The number of amides is 2. The molecular weight excluding hydrogens is 520 g/mol. The minimum absolute atomic E-state index is 0.0190. The van der Waals surface area contributed by atoms with E-state index in [0.717, 1.165) is 23.1 Å². The Labute approximate surface area is 242 Å². The summed E-state index contributed by atoms with van der Waals surface area (Å²) in [6.07, 6.45) is 6.55. The van der Waals surface area contributed by atoms with Gasteiger partial charge in [0.05, 0.1) is 6.04 Å². The normalized spacial score (nSPS) is 20.5. The van der Waals surface area contributed by atoms with Gasteiger partial charge in [0.2, 0.25) is 5.96 Å². The molecule has 2 aliphatic rings. The Morgan fingerprint density at radius 1 is 1.05 bits per heavy atom. The van der Waals surface area contributed by atoms with Crippen LogP contribution in [0.5, 0.6) is 0 Å². The number of guanidine groups is 1. The van der Waals surface area contributed by atoms with Gasteiger partial charge in [0.15, 0.2) is 6.23 Å². The van der Waals surface area contributed by atoms with Crippen LogP contribution in [0, 0.1) is 11.3 Å². The van der Waals surface area contributed by atoms with E-state index in [1.54, 1.807) is 4.90 Å². The highest BCUT2D eigenvalue weighted by molar-refractivity contribution is 5.92. The summed E-state index contributed by atoms with van der Waals surface area (Å²) in [7, 11) is 0. The van der Waals surface area contributed by atoms with Gasteiger partial charge in [-0.3, -0.25) is 10.7 Å². The number of rotatable bonds is 8. The summed E-state index contributed by atoms with van der Waals surface area (Å²) in [5, 5.41) is 14.0. The number of nitrogens with one attached hydrogen (secondary N) is 3. The first kappa shape index (κ1) is 29.9. The zero-order chi connectivity index (χ0) is 29.2. The molecule has 0 aromatic heterocycles. The number of piperidine rings is 1. The average Bonchev–Trinajstić information content (AvgIpc) is 2.98. The molecule has 1 fully saturated rings. The summed E-state index contributed by atoms with van der Waals surface area (Å²) in [5.74, 6) is -0.124. The highest BCUT2D eigenvalue weighted by Crippen LogP contribution is 2.33. The van der Waals surface area contributed by atoms with Gasteiger partial charge in [0.25, 0.3) is 0 Å². The Kier molecular flexibility index (Phi) is 10.2. The molecule has 0 saturated carbocycles. The van der Waals surface area contributed by atoms with Gasteiger partial charge >= 0.3 is 12.2 Å². The smallest absolute Gasteiger partial charge is 0.414 e. The Balaban J connectivity index is 1.31. The number of hydrogen-bond donors (Lipinski definition) is 3. The molecule has 9 heteroatoms. The third-order valence-electron chi connectivity index (χ3n) is 7.38. The molecule has 41 heavy (non-hydrogen) atoms. The number of hydrogen-bond acceptors (Lipinski definition) is 6. The van der Waals surface area contributed by atoms with E-state index >= 15 is 0 Å². The van der Waals surface area contributed by atoms with Gasteiger partial charge in [-0.05, 0) is 56.7 Å². The fraction of sp³-hybridized carbons (Fsp3) is 0.406. The number of ether oxygens (including phenoxy) is 3. The van der Waals surface area contributed by atoms with Crippen molar-refractivity contribution in [2.45, 2.75) is 64.5 Å². The lowest BCUT2D eigenvalue weighted by molar-refractivity contribution is -0.0667. The second-order valence-corrected chi connectivity index (χ2v) is 10.7. The average molecular weight is 561 g/mol. The third-order valence-corrected chi connectivity index (χ3v) is 7.38. The third kappa shape index (κ3) is 8.20. The van der Waals surface area contributed by atoms with Crippen molar-refractivity contribution < 1.29 is 23.8 Å². The van der Waals surface area contributed by atoms with E-state index in [4.69, 9.17) is 19.6 Å². The first-order valence-corrected chi connectivity index (χ1v) is 14.1.